The third-order valence-corrected chi connectivity index (χ3v) is 5.80. The van der Waals surface area contributed by atoms with E-state index in [0.717, 1.165) is 17.8 Å². The molecule has 0 spiro atoms. The summed E-state index contributed by atoms with van der Waals surface area (Å²) in [7, 11) is 0. The molecule has 4 aliphatic carbocycles. The van der Waals surface area contributed by atoms with Gasteiger partial charge in [-0.25, -0.2) is 0 Å². The zero-order valence-corrected chi connectivity index (χ0v) is 8.08. The van der Waals surface area contributed by atoms with Crippen molar-refractivity contribution >= 4 is 0 Å². The van der Waals surface area contributed by atoms with E-state index in [4.69, 9.17) is 0 Å². The van der Waals surface area contributed by atoms with Crippen molar-refractivity contribution in [3.8, 4) is 0 Å². The summed E-state index contributed by atoms with van der Waals surface area (Å²) in [6.45, 7) is 0. The lowest BCUT2D eigenvalue weighted by Crippen LogP contribution is -2.47. The van der Waals surface area contributed by atoms with E-state index in [1.54, 1.807) is 0 Å². The van der Waals surface area contributed by atoms with Crippen molar-refractivity contribution in [2.45, 2.75) is 44.1 Å². The first-order valence-corrected chi connectivity index (χ1v) is 6.02. The Morgan fingerprint density at radius 2 is 1.38 bits per heavy atom. The smallest absolute Gasteiger partial charge is 0.0737 e. The lowest BCUT2D eigenvalue weighted by molar-refractivity contribution is -0.0959. The molecule has 4 bridgehead atoms. The van der Waals surface area contributed by atoms with Gasteiger partial charge in [-0.3, -0.25) is 0 Å². The SMILES string of the molecule is OC12C([C@@H]3CC[C@@H]1C3)[C@H]1CC[C@H]2C1. The van der Waals surface area contributed by atoms with E-state index in [0.29, 0.717) is 11.8 Å². The molecule has 4 saturated carbocycles. The molecule has 72 valence electrons. The molecule has 0 aromatic carbocycles. The molecule has 1 nitrogen and oxygen atoms in total. The van der Waals surface area contributed by atoms with Crippen LogP contribution < -0.4 is 0 Å². The summed E-state index contributed by atoms with van der Waals surface area (Å²) in [6.07, 6.45) is 8.27. The van der Waals surface area contributed by atoms with E-state index >= 15 is 0 Å². The number of fused-ring (bicyclic) bond motifs is 9. The minimum Gasteiger partial charge on any atom is -0.389 e. The molecule has 1 N–H and O–H groups in total. The summed E-state index contributed by atoms with van der Waals surface area (Å²) in [5, 5.41) is 10.8. The third kappa shape index (κ3) is 0.614. The van der Waals surface area contributed by atoms with Gasteiger partial charge in [-0.1, -0.05) is 0 Å². The maximum atomic E-state index is 10.8. The first-order valence-electron chi connectivity index (χ1n) is 6.02. The van der Waals surface area contributed by atoms with Crippen molar-refractivity contribution in [3.63, 3.8) is 0 Å². The Morgan fingerprint density at radius 1 is 0.846 bits per heavy atom. The average Bonchev–Trinajstić information content (AvgIpc) is 2.79. The van der Waals surface area contributed by atoms with E-state index in [9.17, 15) is 5.11 Å². The quantitative estimate of drug-likeness (QED) is 0.564. The summed E-state index contributed by atoms with van der Waals surface area (Å²) in [4.78, 5) is 0. The topological polar surface area (TPSA) is 20.2 Å². The molecule has 0 radical (unpaired) electrons. The average molecular weight is 178 g/mol. The van der Waals surface area contributed by atoms with Gasteiger partial charge < -0.3 is 5.11 Å². The molecular formula is C12H18O. The van der Waals surface area contributed by atoms with E-state index in [1.165, 1.54) is 38.5 Å². The molecule has 0 aromatic rings. The molecule has 2 unspecified atom stereocenters. The van der Waals surface area contributed by atoms with Gasteiger partial charge in [0.05, 0.1) is 5.60 Å². The molecule has 0 amide bonds. The van der Waals surface area contributed by atoms with Crippen molar-refractivity contribution in [1.29, 1.82) is 0 Å². The summed E-state index contributed by atoms with van der Waals surface area (Å²) in [5.74, 6) is 4.00. The van der Waals surface area contributed by atoms with Gasteiger partial charge in [-0.15, -0.1) is 0 Å². The standard InChI is InChI=1S/C12H18O/c13-12-9-3-1-7(5-9)11(12)8-2-4-10(12)6-8/h7-11,13H,1-6H2/t7-,8+,9-,10+,11?,12?. The molecule has 4 aliphatic rings. The second kappa shape index (κ2) is 1.98. The maximum absolute atomic E-state index is 10.8. The highest BCUT2D eigenvalue weighted by atomic mass is 16.3. The van der Waals surface area contributed by atoms with E-state index < -0.39 is 0 Å². The van der Waals surface area contributed by atoms with Crippen LogP contribution in [0, 0.1) is 29.6 Å². The Hall–Kier alpha value is -0.0400. The highest BCUT2D eigenvalue weighted by Gasteiger charge is 2.68. The summed E-state index contributed by atoms with van der Waals surface area (Å²) < 4.78 is 0. The van der Waals surface area contributed by atoms with Gasteiger partial charge in [0, 0.05) is 0 Å². The molecule has 1 heteroatoms. The fourth-order valence-corrected chi connectivity index (χ4v) is 5.54. The fraction of sp³-hybridized carbons (Fsp3) is 1.00. The minimum atomic E-state index is -0.161. The van der Waals surface area contributed by atoms with Crippen LogP contribution >= 0.6 is 0 Å². The molecule has 0 heterocycles. The van der Waals surface area contributed by atoms with Crippen molar-refractivity contribution in [3.05, 3.63) is 0 Å². The van der Waals surface area contributed by atoms with E-state index in [2.05, 4.69) is 0 Å². The number of rotatable bonds is 0. The van der Waals surface area contributed by atoms with Crippen LogP contribution in [0.5, 0.6) is 0 Å². The van der Waals surface area contributed by atoms with Crippen LogP contribution in [-0.4, -0.2) is 10.7 Å². The number of hydrogen-bond acceptors (Lipinski definition) is 1. The molecule has 13 heavy (non-hydrogen) atoms. The monoisotopic (exact) mass is 178 g/mol. The number of hydrogen-bond donors (Lipinski definition) is 1. The van der Waals surface area contributed by atoms with Gasteiger partial charge in [0.25, 0.3) is 0 Å². The lowest BCUT2D eigenvalue weighted by Gasteiger charge is -2.43. The first kappa shape index (κ1) is 7.28. The van der Waals surface area contributed by atoms with Gasteiger partial charge in [-0.05, 0) is 68.1 Å². The minimum absolute atomic E-state index is 0.161. The Labute approximate surface area is 79.5 Å². The molecule has 6 atom stereocenters. The maximum Gasteiger partial charge on any atom is 0.0737 e. The number of aliphatic hydroxyl groups is 1. The zero-order chi connectivity index (χ0) is 8.63. The van der Waals surface area contributed by atoms with Crippen LogP contribution in [0.2, 0.25) is 0 Å². The Kier molecular flexibility index (Phi) is 1.11. The zero-order valence-electron chi connectivity index (χ0n) is 8.08. The highest BCUT2D eigenvalue weighted by Crippen LogP contribution is 2.69. The van der Waals surface area contributed by atoms with Gasteiger partial charge in [-0.2, -0.15) is 0 Å². The summed E-state index contributed by atoms with van der Waals surface area (Å²) in [5.41, 5.74) is -0.161. The van der Waals surface area contributed by atoms with Gasteiger partial charge in [0.15, 0.2) is 0 Å². The molecule has 0 saturated heterocycles. The van der Waals surface area contributed by atoms with Gasteiger partial charge >= 0.3 is 0 Å². The molecule has 4 rings (SSSR count). The van der Waals surface area contributed by atoms with Crippen LogP contribution in [0.1, 0.15) is 38.5 Å². The van der Waals surface area contributed by atoms with Crippen LogP contribution in [0.3, 0.4) is 0 Å². The molecule has 0 aromatic heterocycles. The highest BCUT2D eigenvalue weighted by molar-refractivity contribution is 5.18. The Balaban J connectivity index is 1.84. The molecular weight excluding hydrogens is 160 g/mol. The van der Waals surface area contributed by atoms with E-state index in [1.807, 2.05) is 0 Å². The van der Waals surface area contributed by atoms with E-state index in [-0.39, 0.29) is 5.60 Å². The third-order valence-electron chi connectivity index (χ3n) is 5.80. The van der Waals surface area contributed by atoms with Crippen LogP contribution in [0.15, 0.2) is 0 Å². The van der Waals surface area contributed by atoms with Crippen molar-refractivity contribution < 1.29 is 5.11 Å². The van der Waals surface area contributed by atoms with Gasteiger partial charge in [0.2, 0.25) is 0 Å². The van der Waals surface area contributed by atoms with Crippen molar-refractivity contribution in [2.75, 3.05) is 0 Å². The lowest BCUT2D eigenvalue weighted by atomic mass is 9.67. The molecule has 4 fully saturated rings. The Bertz CT molecular complexity index is 238. The van der Waals surface area contributed by atoms with Gasteiger partial charge in [0.1, 0.15) is 0 Å². The van der Waals surface area contributed by atoms with Crippen molar-refractivity contribution in [2.24, 2.45) is 29.6 Å². The normalized spacial score (nSPS) is 67.6. The largest absolute Gasteiger partial charge is 0.389 e. The predicted molar refractivity (Wildman–Crippen MR) is 50.1 cm³/mol. The summed E-state index contributed by atoms with van der Waals surface area (Å²) in [6, 6.07) is 0. The second-order valence-corrected chi connectivity index (χ2v) is 5.95. The molecule has 0 aliphatic heterocycles. The van der Waals surface area contributed by atoms with Crippen LogP contribution in [0.4, 0.5) is 0 Å². The first-order chi connectivity index (χ1) is 6.30. The van der Waals surface area contributed by atoms with Crippen LogP contribution in [-0.2, 0) is 0 Å². The fourth-order valence-electron chi connectivity index (χ4n) is 5.54. The second-order valence-electron chi connectivity index (χ2n) is 5.95. The Morgan fingerprint density at radius 3 is 1.85 bits per heavy atom. The summed E-state index contributed by atoms with van der Waals surface area (Å²) >= 11 is 0. The predicted octanol–water partition coefficient (Wildman–Crippen LogP) is 2.19. The van der Waals surface area contributed by atoms with Crippen molar-refractivity contribution in [1.82, 2.24) is 0 Å². The van der Waals surface area contributed by atoms with Crippen LogP contribution in [0.25, 0.3) is 0 Å².